The molecule has 3 heteroatoms. The molecule has 17 heavy (non-hydrogen) atoms. The number of hydrogen-bond donors (Lipinski definition) is 2. The molecule has 1 aliphatic heterocycles. The zero-order chi connectivity index (χ0) is 12.1. The Morgan fingerprint density at radius 2 is 1.88 bits per heavy atom. The van der Waals surface area contributed by atoms with Crippen molar-refractivity contribution in [1.29, 1.82) is 0 Å². The minimum absolute atomic E-state index is 0.0139. The van der Waals surface area contributed by atoms with Crippen LogP contribution in [0, 0.1) is 0 Å². The van der Waals surface area contributed by atoms with Crippen LogP contribution in [0.5, 0.6) is 5.75 Å². The first-order chi connectivity index (χ1) is 8.29. The first kappa shape index (κ1) is 12.4. The summed E-state index contributed by atoms with van der Waals surface area (Å²) in [5, 5.41) is 18.8. The van der Waals surface area contributed by atoms with E-state index in [-0.39, 0.29) is 6.61 Å². The first-order valence-electron chi connectivity index (χ1n) is 6.43. The standard InChI is InChI=1S/C14H21NO2/c16-11-12-4-5-13(14(17)10-12)6-9-15-7-2-1-3-8-15/h4-5,10,16-17H,1-3,6-9,11H2. The molecule has 2 N–H and O–H groups in total. The van der Waals surface area contributed by atoms with Crippen molar-refractivity contribution < 1.29 is 10.2 Å². The van der Waals surface area contributed by atoms with E-state index in [1.54, 1.807) is 6.07 Å². The lowest BCUT2D eigenvalue weighted by molar-refractivity contribution is 0.231. The highest BCUT2D eigenvalue weighted by Gasteiger charge is 2.10. The summed E-state index contributed by atoms with van der Waals surface area (Å²) in [4.78, 5) is 2.46. The molecule has 0 aromatic heterocycles. The van der Waals surface area contributed by atoms with Crippen LogP contribution in [-0.4, -0.2) is 34.7 Å². The topological polar surface area (TPSA) is 43.7 Å². The lowest BCUT2D eigenvalue weighted by Gasteiger charge is -2.26. The maximum absolute atomic E-state index is 9.82. The minimum atomic E-state index is -0.0139. The fourth-order valence-corrected chi connectivity index (χ4v) is 2.38. The summed E-state index contributed by atoms with van der Waals surface area (Å²) in [5.74, 6) is 0.313. The summed E-state index contributed by atoms with van der Waals surface area (Å²) >= 11 is 0. The van der Waals surface area contributed by atoms with Gasteiger partial charge in [0.15, 0.2) is 0 Å². The van der Waals surface area contributed by atoms with Gasteiger partial charge in [-0.05, 0) is 49.5 Å². The Morgan fingerprint density at radius 3 is 2.53 bits per heavy atom. The van der Waals surface area contributed by atoms with Gasteiger partial charge in [0.2, 0.25) is 0 Å². The van der Waals surface area contributed by atoms with Crippen molar-refractivity contribution in [3.05, 3.63) is 29.3 Å². The van der Waals surface area contributed by atoms with Gasteiger partial charge in [-0.25, -0.2) is 0 Å². The fraction of sp³-hybridized carbons (Fsp3) is 0.571. The number of hydrogen-bond acceptors (Lipinski definition) is 3. The van der Waals surface area contributed by atoms with Gasteiger partial charge >= 0.3 is 0 Å². The van der Waals surface area contributed by atoms with Crippen LogP contribution < -0.4 is 0 Å². The van der Waals surface area contributed by atoms with E-state index in [1.165, 1.54) is 32.4 Å². The second-order valence-corrected chi connectivity index (χ2v) is 4.77. The van der Waals surface area contributed by atoms with Crippen LogP contribution in [0.2, 0.25) is 0 Å². The van der Waals surface area contributed by atoms with Gasteiger partial charge in [-0.2, -0.15) is 0 Å². The van der Waals surface area contributed by atoms with Gasteiger partial charge in [-0.3, -0.25) is 0 Å². The third-order valence-corrected chi connectivity index (χ3v) is 3.48. The van der Waals surface area contributed by atoms with Gasteiger partial charge in [-0.15, -0.1) is 0 Å². The first-order valence-corrected chi connectivity index (χ1v) is 6.43. The van der Waals surface area contributed by atoms with Crippen molar-refractivity contribution in [2.24, 2.45) is 0 Å². The molecule has 3 nitrogen and oxygen atoms in total. The van der Waals surface area contributed by atoms with E-state index >= 15 is 0 Å². The number of piperidine rings is 1. The van der Waals surface area contributed by atoms with Crippen LogP contribution in [0.4, 0.5) is 0 Å². The van der Waals surface area contributed by atoms with Crippen LogP contribution in [0.1, 0.15) is 30.4 Å². The number of aliphatic hydroxyl groups is 1. The van der Waals surface area contributed by atoms with Gasteiger partial charge in [-0.1, -0.05) is 18.6 Å². The molecule has 1 aromatic carbocycles. The highest BCUT2D eigenvalue weighted by atomic mass is 16.3. The van der Waals surface area contributed by atoms with Crippen molar-refractivity contribution in [3.63, 3.8) is 0 Å². The van der Waals surface area contributed by atoms with Crippen molar-refractivity contribution in [3.8, 4) is 5.75 Å². The monoisotopic (exact) mass is 235 g/mol. The van der Waals surface area contributed by atoms with Gasteiger partial charge in [0, 0.05) is 6.54 Å². The summed E-state index contributed by atoms with van der Waals surface area (Å²) in [6.45, 7) is 3.39. The fourth-order valence-electron chi connectivity index (χ4n) is 2.38. The van der Waals surface area contributed by atoms with Crippen LogP contribution in [0.15, 0.2) is 18.2 Å². The summed E-state index contributed by atoms with van der Waals surface area (Å²) in [6, 6.07) is 5.46. The van der Waals surface area contributed by atoms with Crippen LogP contribution >= 0.6 is 0 Å². The number of phenols is 1. The van der Waals surface area contributed by atoms with E-state index in [4.69, 9.17) is 5.11 Å². The van der Waals surface area contributed by atoms with E-state index in [2.05, 4.69) is 4.90 Å². The SMILES string of the molecule is OCc1ccc(CCN2CCCCC2)c(O)c1. The van der Waals surface area contributed by atoms with Crippen LogP contribution in [0.3, 0.4) is 0 Å². The molecule has 0 aliphatic carbocycles. The number of benzene rings is 1. The Kier molecular flexibility index (Phi) is 4.40. The van der Waals surface area contributed by atoms with Crippen molar-refractivity contribution in [2.75, 3.05) is 19.6 Å². The third-order valence-electron chi connectivity index (χ3n) is 3.48. The van der Waals surface area contributed by atoms with E-state index in [1.807, 2.05) is 12.1 Å². The molecular formula is C14H21NO2. The van der Waals surface area contributed by atoms with Gasteiger partial charge in [0.25, 0.3) is 0 Å². The molecule has 0 unspecified atom stereocenters. The van der Waals surface area contributed by atoms with Crippen molar-refractivity contribution >= 4 is 0 Å². The molecule has 0 atom stereocenters. The third kappa shape index (κ3) is 3.45. The number of aliphatic hydroxyl groups excluding tert-OH is 1. The van der Waals surface area contributed by atoms with E-state index in [0.29, 0.717) is 5.75 Å². The van der Waals surface area contributed by atoms with Gasteiger partial charge in [0.1, 0.15) is 5.75 Å². The van der Waals surface area contributed by atoms with Gasteiger partial charge < -0.3 is 15.1 Å². The summed E-state index contributed by atoms with van der Waals surface area (Å²) in [6.07, 6.45) is 4.84. The highest BCUT2D eigenvalue weighted by molar-refractivity contribution is 5.36. The van der Waals surface area contributed by atoms with Crippen LogP contribution in [0.25, 0.3) is 0 Å². The maximum atomic E-state index is 9.82. The Labute approximate surface area is 103 Å². The molecule has 1 saturated heterocycles. The number of aromatic hydroxyl groups is 1. The zero-order valence-electron chi connectivity index (χ0n) is 10.2. The lowest BCUT2D eigenvalue weighted by Crippen LogP contribution is -2.31. The molecular weight excluding hydrogens is 214 g/mol. The summed E-state index contributed by atoms with van der Waals surface area (Å²) in [5.41, 5.74) is 1.75. The molecule has 1 aliphatic rings. The number of phenolic OH excluding ortho intramolecular Hbond substituents is 1. The maximum Gasteiger partial charge on any atom is 0.119 e. The normalized spacial score (nSPS) is 17.2. The Balaban J connectivity index is 1.89. The lowest BCUT2D eigenvalue weighted by atomic mass is 10.1. The largest absolute Gasteiger partial charge is 0.508 e. The summed E-state index contributed by atoms with van der Waals surface area (Å²) in [7, 11) is 0. The van der Waals surface area contributed by atoms with Gasteiger partial charge in [0.05, 0.1) is 6.61 Å². The second kappa shape index (κ2) is 6.03. The number of rotatable bonds is 4. The Bertz CT molecular complexity index is 359. The highest BCUT2D eigenvalue weighted by Crippen LogP contribution is 2.20. The molecule has 94 valence electrons. The molecule has 0 spiro atoms. The zero-order valence-corrected chi connectivity index (χ0v) is 10.2. The molecule has 0 saturated carbocycles. The minimum Gasteiger partial charge on any atom is -0.508 e. The molecule has 1 heterocycles. The van der Waals surface area contributed by atoms with E-state index in [0.717, 1.165) is 24.1 Å². The summed E-state index contributed by atoms with van der Waals surface area (Å²) < 4.78 is 0. The predicted octanol–water partition coefficient (Wildman–Crippen LogP) is 1.91. The molecule has 1 aromatic rings. The second-order valence-electron chi connectivity index (χ2n) is 4.77. The molecule has 0 bridgehead atoms. The predicted molar refractivity (Wildman–Crippen MR) is 68.0 cm³/mol. The quantitative estimate of drug-likeness (QED) is 0.838. The Hall–Kier alpha value is -1.06. The smallest absolute Gasteiger partial charge is 0.119 e. The molecule has 2 rings (SSSR count). The average molecular weight is 235 g/mol. The molecule has 1 fully saturated rings. The Morgan fingerprint density at radius 1 is 1.12 bits per heavy atom. The van der Waals surface area contributed by atoms with Crippen molar-refractivity contribution in [1.82, 2.24) is 4.90 Å². The van der Waals surface area contributed by atoms with E-state index in [9.17, 15) is 5.11 Å². The van der Waals surface area contributed by atoms with Crippen molar-refractivity contribution in [2.45, 2.75) is 32.3 Å². The average Bonchev–Trinajstić information content (AvgIpc) is 2.38. The van der Waals surface area contributed by atoms with Crippen LogP contribution in [-0.2, 0) is 13.0 Å². The molecule has 0 radical (unpaired) electrons. The van der Waals surface area contributed by atoms with E-state index < -0.39 is 0 Å². The number of likely N-dealkylation sites (tertiary alicyclic amines) is 1. The molecule has 0 amide bonds. The number of nitrogens with zero attached hydrogens (tertiary/aromatic N) is 1.